The van der Waals surface area contributed by atoms with Crippen LogP contribution in [-0.4, -0.2) is 16.1 Å². The smallest absolute Gasteiger partial charge is 0.338 e. The predicted octanol–water partition coefficient (Wildman–Crippen LogP) is 4.48. The molecule has 96 valence electrons. The summed E-state index contributed by atoms with van der Waals surface area (Å²) in [6, 6.07) is 5.18. The first-order valence-corrected chi connectivity index (χ1v) is 7.24. The molecule has 0 bridgehead atoms. The van der Waals surface area contributed by atoms with Crippen molar-refractivity contribution in [1.82, 2.24) is 4.98 Å². The Kier molecular flexibility index (Phi) is 3.14. The Labute approximate surface area is 120 Å². The lowest BCUT2D eigenvalue weighted by molar-refractivity contribution is 0.0696. The molecule has 3 aromatic rings. The molecular weight excluding hydrogens is 306 g/mol. The third-order valence-corrected chi connectivity index (χ3v) is 4.63. The summed E-state index contributed by atoms with van der Waals surface area (Å²) in [5.74, 6) is -0.571. The molecule has 4 nitrogen and oxygen atoms in total. The fraction of sp³-hybridized carbons (Fsp3) is 0. The molecule has 0 aliphatic carbocycles. The summed E-state index contributed by atoms with van der Waals surface area (Å²) in [6.45, 7) is 0. The highest BCUT2D eigenvalue weighted by molar-refractivity contribution is 7.23. The van der Waals surface area contributed by atoms with Crippen LogP contribution in [0, 0.1) is 0 Å². The second-order valence-electron chi connectivity index (χ2n) is 3.65. The second kappa shape index (κ2) is 4.80. The van der Waals surface area contributed by atoms with E-state index >= 15 is 0 Å². The number of carboxylic acid groups (broad SMARTS) is 1. The van der Waals surface area contributed by atoms with Gasteiger partial charge in [-0.3, -0.25) is 0 Å². The van der Waals surface area contributed by atoms with Crippen molar-refractivity contribution in [3.63, 3.8) is 0 Å². The van der Waals surface area contributed by atoms with Crippen LogP contribution in [0.15, 0.2) is 34.3 Å². The number of carbonyl (C=O) groups is 1. The molecule has 7 heteroatoms. The van der Waals surface area contributed by atoms with Gasteiger partial charge in [-0.05, 0) is 12.1 Å². The zero-order valence-corrected chi connectivity index (χ0v) is 11.7. The third kappa shape index (κ3) is 2.42. The maximum atomic E-state index is 10.8. The van der Waals surface area contributed by atoms with Gasteiger partial charge in [-0.15, -0.1) is 22.7 Å². The van der Waals surface area contributed by atoms with Crippen LogP contribution < -0.4 is 0 Å². The van der Waals surface area contributed by atoms with Crippen molar-refractivity contribution in [1.29, 1.82) is 0 Å². The molecule has 0 saturated heterocycles. The molecule has 1 N–H and O–H groups in total. The second-order valence-corrected chi connectivity index (χ2v) is 6.22. The standard InChI is InChI=1S/C12H6ClNO3S2/c13-10-2-1-9(19-10)11-14-7(5-18-11)8-3-6(4-17-8)12(15)16/h1-5H,(H,15,16). The Balaban J connectivity index is 1.94. The molecule has 0 aliphatic rings. The number of halogens is 1. The number of hydrogen-bond acceptors (Lipinski definition) is 5. The van der Waals surface area contributed by atoms with Gasteiger partial charge < -0.3 is 9.52 Å². The van der Waals surface area contributed by atoms with Crippen LogP contribution in [0.5, 0.6) is 0 Å². The monoisotopic (exact) mass is 311 g/mol. The first kappa shape index (κ1) is 12.4. The molecule has 0 spiro atoms. The maximum Gasteiger partial charge on any atom is 0.338 e. The molecule has 3 heterocycles. The normalized spacial score (nSPS) is 10.8. The van der Waals surface area contributed by atoms with Crippen molar-refractivity contribution in [2.75, 3.05) is 0 Å². The van der Waals surface area contributed by atoms with Crippen LogP contribution in [0.3, 0.4) is 0 Å². The third-order valence-electron chi connectivity index (χ3n) is 2.39. The fourth-order valence-electron chi connectivity index (χ4n) is 1.51. The van der Waals surface area contributed by atoms with E-state index in [1.54, 1.807) is 0 Å². The van der Waals surface area contributed by atoms with Gasteiger partial charge in [0, 0.05) is 11.4 Å². The lowest BCUT2D eigenvalue weighted by atomic mass is 10.3. The SMILES string of the molecule is O=C(O)c1coc(-c2csc(-c3ccc(Cl)s3)n2)c1. The molecule has 0 radical (unpaired) electrons. The van der Waals surface area contributed by atoms with Gasteiger partial charge in [0.05, 0.1) is 14.8 Å². The Bertz CT molecular complexity index is 744. The van der Waals surface area contributed by atoms with Gasteiger partial charge in [0.15, 0.2) is 5.76 Å². The minimum atomic E-state index is -1.02. The summed E-state index contributed by atoms with van der Waals surface area (Å²) >= 11 is 8.79. The van der Waals surface area contributed by atoms with E-state index < -0.39 is 5.97 Å². The van der Waals surface area contributed by atoms with E-state index in [4.69, 9.17) is 21.1 Å². The average Bonchev–Trinajstić information content (AvgIpc) is 3.07. The van der Waals surface area contributed by atoms with E-state index in [9.17, 15) is 4.79 Å². The van der Waals surface area contributed by atoms with E-state index in [2.05, 4.69) is 4.98 Å². The summed E-state index contributed by atoms with van der Waals surface area (Å²) in [5, 5.41) is 11.5. The summed E-state index contributed by atoms with van der Waals surface area (Å²) < 4.78 is 5.91. The number of rotatable bonds is 3. The van der Waals surface area contributed by atoms with Crippen LogP contribution in [0.2, 0.25) is 4.34 Å². The minimum absolute atomic E-state index is 0.115. The molecule has 19 heavy (non-hydrogen) atoms. The minimum Gasteiger partial charge on any atom is -0.478 e. The van der Waals surface area contributed by atoms with Crippen molar-refractivity contribution < 1.29 is 14.3 Å². The first-order chi connectivity index (χ1) is 9.13. The number of thiophene rings is 1. The zero-order valence-electron chi connectivity index (χ0n) is 9.29. The Hall–Kier alpha value is -1.63. The molecule has 0 atom stereocenters. The zero-order chi connectivity index (χ0) is 13.4. The average molecular weight is 312 g/mol. The lowest BCUT2D eigenvalue weighted by Crippen LogP contribution is -1.91. The summed E-state index contributed by atoms with van der Waals surface area (Å²) in [5.41, 5.74) is 0.737. The van der Waals surface area contributed by atoms with Crippen molar-refractivity contribution in [2.24, 2.45) is 0 Å². The number of aromatic carboxylic acids is 1. The summed E-state index contributed by atoms with van der Waals surface area (Å²) in [4.78, 5) is 16.2. The van der Waals surface area contributed by atoms with Gasteiger partial charge in [0.2, 0.25) is 0 Å². The highest BCUT2D eigenvalue weighted by Crippen LogP contribution is 2.35. The van der Waals surface area contributed by atoms with Gasteiger partial charge in [0.25, 0.3) is 0 Å². The summed E-state index contributed by atoms with van der Waals surface area (Å²) in [7, 11) is 0. The summed E-state index contributed by atoms with van der Waals surface area (Å²) in [6.07, 6.45) is 1.21. The number of aromatic nitrogens is 1. The number of hydrogen-bond donors (Lipinski definition) is 1. The molecule has 0 amide bonds. The fourth-order valence-corrected chi connectivity index (χ4v) is 3.44. The van der Waals surface area contributed by atoms with Crippen molar-refractivity contribution in [3.8, 4) is 21.3 Å². The molecule has 0 fully saturated rings. The number of furan rings is 1. The van der Waals surface area contributed by atoms with Crippen LogP contribution in [0.25, 0.3) is 21.3 Å². The first-order valence-electron chi connectivity index (χ1n) is 5.17. The van der Waals surface area contributed by atoms with Crippen molar-refractivity contribution in [2.45, 2.75) is 0 Å². The highest BCUT2D eigenvalue weighted by atomic mass is 35.5. The lowest BCUT2D eigenvalue weighted by Gasteiger charge is -1.88. The highest BCUT2D eigenvalue weighted by Gasteiger charge is 2.14. The Morgan fingerprint density at radius 1 is 1.42 bits per heavy atom. The molecule has 3 aromatic heterocycles. The number of carboxylic acids is 1. The topological polar surface area (TPSA) is 63.3 Å². The molecule has 0 aromatic carbocycles. The van der Waals surface area contributed by atoms with Crippen molar-refractivity contribution in [3.05, 3.63) is 39.7 Å². The van der Waals surface area contributed by atoms with Crippen LogP contribution >= 0.6 is 34.3 Å². The van der Waals surface area contributed by atoms with Gasteiger partial charge in [-0.2, -0.15) is 0 Å². The van der Waals surface area contributed by atoms with Gasteiger partial charge in [0.1, 0.15) is 17.0 Å². The molecular formula is C12H6ClNO3S2. The van der Waals surface area contributed by atoms with E-state index in [0.29, 0.717) is 15.8 Å². The van der Waals surface area contributed by atoms with E-state index in [-0.39, 0.29) is 5.56 Å². The number of nitrogens with zero attached hydrogens (tertiary/aromatic N) is 1. The van der Waals surface area contributed by atoms with Gasteiger partial charge in [-0.1, -0.05) is 11.6 Å². The van der Waals surface area contributed by atoms with Crippen LogP contribution in [0.4, 0.5) is 0 Å². The Morgan fingerprint density at radius 2 is 2.26 bits per heavy atom. The molecule has 0 saturated carbocycles. The van der Waals surface area contributed by atoms with E-state index in [1.165, 1.54) is 35.0 Å². The van der Waals surface area contributed by atoms with E-state index in [1.807, 2.05) is 17.5 Å². The van der Waals surface area contributed by atoms with E-state index in [0.717, 1.165) is 9.88 Å². The van der Waals surface area contributed by atoms with Gasteiger partial charge in [-0.25, -0.2) is 9.78 Å². The largest absolute Gasteiger partial charge is 0.478 e. The molecule has 3 rings (SSSR count). The molecule has 0 unspecified atom stereocenters. The number of thiazole rings is 1. The maximum absolute atomic E-state index is 10.8. The van der Waals surface area contributed by atoms with Crippen LogP contribution in [0.1, 0.15) is 10.4 Å². The van der Waals surface area contributed by atoms with Gasteiger partial charge >= 0.3 is 5.97 Å². The predicted molar refractivity (Wildman–Crippen MR) is 75.1 cm³/mol. The molecule has 0 aliphatic heterocycles. The Morgan fingerprint density at radius 3 is 2.89 bits per heavy atom. The quantitative estimate of drug-likeness (QED) is 0.774. The van der Waals surface area contributed by atoms with Crippen LogP contribution in [-0.2, 0) is 0 Å². The van der Waals surface area contributed by atoms with Crippen molar-refractivity contribution >= 4 is 40.2 Å².